The molecule has 0 aromatic carbocycles. The van der Waals surface area contributed by atoms with E-state index in [1.165, 1.54) is 205 Å². The lowest BCUT2D eigenvalue weighted by Gasteiger charge is -2.20. The van der Waals surface area contributed by atoms with E-state index in [1.54, 1.807) is 6.08 Å². The first-order chi connectivity index (χ1) is 25.2. The van der Waals surface area contributed by atoms with Crippen molar-refractivity contribution >= 4 is 5.91 Å². The third-order valence-electron chi connectivity index (χ3n) is 10.7. The highest BCUT2D eigenvalue weighted by Gasteiger charge is 2.17. The molecule has 1 amide bonds. The molecule has 2 unspecified atom stereocenters. The highest BCUT2D eigenvalue weighted by molar-refractivity contribution is 5.76. The van der Waals surface area contributed by atoms with Crippen molar-refractivity contribution in [2.24, 2.45) is 0 Å². The number of unbranched alkanes of at least 4 members (excludes halogenated alkanes) is 33. The Morgan fingerprint density at radius 2 is 0.745 bits per heavy atom. The lowest BCUT2D eigenvalue weighted by Crippen LogP contribution is -2.45. The molecule has 0 aromatic heterocycles. The maximum absolute atomic E-state index is 12.4. The van der Waals surface area contributed by atoms with Gasteiger partial charge in [0, 0.05) is 6.42 Å². The average Bonchev–Trinajstić information content (AvgIpc) is 3.13. The van der Waals surface area contributed by atoms with Crippen LogP contribution < -0.4 is 5.32 Å². The molecule has 51 heavy (non-hydrogen) atoms. The van der Waals surface area contributed by atoms with Gasteiger partial charge in [0.05, 0.1) is 18.8 Å². The normalized spacial score (nSPS) is 13.1. The van der Waals surface area contributed by atoms with Crippen LogP contribution in [0.1, 0.15) is 251 Å². The molecule has 302 valence electrons. The molecule has 0 fully saturated rings. The van der Waals surface area contributed by atoms with Crippen LogP contribution in [0.15, 0.2) is 24.3 Å². The summed E-state index contributed by atoms with van der Waals surface area (Å²) in [4.78, 5) is 12.4. The first kappa shape index (κ1) is 49.9. The third-order valence-corrected chi connectivity index (χ3v) is 10.7. The van der Waals surface area contributed by atoms with E-state index in [-0.39, 0.29) is 12.5 Å². The van der Waals surface area contributed by atoms with E-state index in [9.17, 15) is 15.0 Å². The summed E-state index contributed by atoms with van der Waals surface area (Å²) >= 11 is 0. The highest BCUT2D eigenvalue weighted by atomic mass is 16.3. The van der Waals surface area contributed by atoms with Crippen molar-refractivity contribution in [3.63, 3.8) is 0 Å². The Labute approximate surface area is 319 Å². The summed E-state index contributed by atoms with van der Waals surface area (Å²) < 4.78 is 0. The molecule has 4 nitrogen and oxygen atoms in total. The van der Waals surface area contributed by atoms with E-state index in [4.69, 9.17) is 0 Å². The Balaban J connectivity index is 3.47. The van der Waals surface area contributed by atoms with Crippen molar-refractivity contribution in [2.75, 3.05) is 6.61 Å². The molecule has 4 heteroatoms. The van der Waals surface area contributed by atoms with Crippen LogP contribution >= 0.6 is 0 Å². The number of amides is 1. The summed E-state index contributed by atoms with van der Waals surface area (Å²) in [5.41, 5.74) is 0. The van der Waals surface area contributed by atoms with Crippen LogP contribution in [0.25, 0.3) is 0 Å². The predicted octanol–water partition coefficient (Wildman–Crippen LogP) is 14.4. The zero-order chi connectivity index (χ0) is 37.1. The van der Waals surface area contributed by atoms with Crippen molar-refractivity contribution in [1.29, 1.82) is 0 Å². The number of allylic oxidation sites excluding steroid dienone is 3. The molecule has 0 aromatic rings. The van der Waals surface area contributed by atoms with Gasteiger partial charge < -0.3 is 15.5 Å². The van der Waals surface area contributed by atoms with Crippen LogP contribution in [-0.2, 0) is 4.79 Å². The maximum Gasteiger partial charge on any atom is 0.220 e. The number of nitrogens with one attached hydrogen (secondary N) is 1. The predicted molar refractivity (Wildman–Crippen MR) is 225 cm³/mol. The van der Waals surface area contributed by atoms with Crippen molar-refractivity contribution in [1.82, 2.24) is 5.32 Å². The zero-order valence-electron chi connectivity index (χ0n) is 34.6. The Morgan fingerprint density at radius 3 is 1.08 bits per heavy atom. The molecule has 0 aliphatic heterocycles. The van der Waals surface area contributed by atoms with Crippen molar-refractivity contribution in [3.8, 4) is 0 Å². The number of aliphatic hydroxyl groups is 2. The fraction of sp³-hybridized carbons (Fsp3) is 0.894. The molecule has 0 aliphatic carbocycles. The quantitative estimate of drug-likeness (QED) is 0.0435. The molecule has 0 heterocycles. The molecular weight excluding hydrogens is 627 g/mol. The van der Waals surface area contributed by atoms with E-state index in [2.05, 4.69) is 31.3 Å². The Hall–Kier alpha value is -1.13. The second kappa shape index (κ2) is 43.3. The Bertz CT molecular complexity index is 735. The summed E-state index contributed by atoms with van der Waals surface area (Å²) in [6.07, 6.45) is 55.9. The number of hydrogen-bond donors (Lipinski definition) is 3. The topological polar surface area (TPSA) is 69.6 Å². The van der Waals surface area contributed by atoms with Gasteiger partial charge in [-0.25, -0.2) is 0 Å². The Kier molecular flexibility index (Phi) is 42.3. The minimum absolute atomic E-state index is 0.0636. The largest absolute Gasteiger partial charge is 0.394 e. The van der Waals surface area contributed by atoms with Gasteiger partial charge in [0.25, 0.3) is 0 Å². The molecule has 0 rings (SSSR count). The lowest BCUT2D eigenvalue weighted by molar-refractivity contribution is -0.123. The van der Waals surface area contributed by atoms with E-state index in [0.717, 1.165) is 25.7 Å². The van der Waals surface area contributed by atoms with Gasteiger partial charge >= 0.3 is 0 Å². The van der Waals surface area contributed by atoms with Crippen LogP contribution in [0, 0.1) is 0 Å². The lowest BCUT2D eigenvalue weighted by atomic mass is 10.0. The van der Waals surface area contributed by atoms with E-state index in [1.807, 2.05) is 6.08 Å². The van der Waals surface area contributed by atoms with Crippen LogP contribution in [-0.4, -0.2) is 34.9 Å². The standard InChI is InChI=1S/C47H91NO3/c1-3-5-7-9-11-13-15-17-18-19-20-21-22-23-24-25-26-27-28-29-30-31-33-35-37-39-41-43-47(51)48-45(44-49)46(50)42-40-38-36-34-32-16-14-12-10-8-6-4-2/h23-24,40,42,45-46,49-50H,3-22,25-39,41,43-44H2,1-2H3,(H,48,51)/b24-23-,42-40+. The maximum atomic E-state index is 12.4. The van der Waals surface area contributed by atoms with E-state index < -0.39 is 12.1 Å². The van der Waals surface area contributed by atoms with Crippen LogP contribution in [0.5, 0.6) is 0 Å². The van der Waals surface area contributed by atoms with E-state index in [0.29, 0.717) is 6.42 Å². The molecular formula is C47H91NO3. The van der Waals surface area contributed by atoms with Gasteiger partial charge in [-0.2, -0.15) is 0 Å². The molecule has 0 radical (unpaired) electrons. The molecule has 0 saturated heterocycles. The van der Waals surface area contributed by atoms with Crippen LogP contribution in [0.3, 0.4) is 0 Å². The van der Waals surface area contributed by atoms with Crippen molar-refractivity contribution < 1.29 is 15.0 Å². The van der Waals surface area contributed by atoms with Gasteiger partial charge in [-0.05, 0) is 44.9 Å². The number of carbonyl (C=O) groups excluding carboxylic acids is 1. The van der Waals surface area contributed by atoms with Gasteiger partial charge in [-0.1, -0.05) is 224 Å². The zero-order valence-corrected chi connectivity index (χ0v) is 34.6. The summed E-state index contributed by atoms with van der Waals surface area (Å²) in [7, 11) is 0. The third kappa shape index (κ3) is 39.9. The summed E-state index contributed by atoms with van der Waals surface area (Å²) in [6, 6.07) is -0.619. The minimum Gasteiger partial charge on any atom is -0.394 e. The second-order valence-electron chi connectivity index (χ2n) is 15.8. The Morgan fingerprint density at radius 1 is 0.451 bits per heavy atom. The number of carbonyl (C=O) groups is 1. The first-order valence-electron chi connectivity index (χ1n) is 23.1. The van der Waals surface area contributed by atoms with Gasteiger partial charge in [0.2, 0.25) is 5.91 Å². The number of aliphatic hydroxyl groups excluding tert-OH is 2. The summed E-state index contributed by atoms with van der Waals surface area (Å²) in [5.74, 6) is -0.0636. The molecule has 0 spiro atoms. The average molecular weight is 718 g/mol. The smallest absolute Gasteiger partial charge is 0.220 e. The molecule has 2 atom stereocenters. The highest BCUT2D eigenvalue weighted by Crippen LogP contribution is 2.15. The fourth-order valence-corrected chi connectivity index (χ4v) is 7.11. The number of hydrogen-bond acceptors (Lipinski definition) is 3. The van der Waals surface area contributed by atoms with Gasteiger partial charge in [-0.3, -0.25) is 4.79 Å². The van der Waals surface area contributed by atoms with E-state index >= 15 is 0 Å². The molecule has 0 aliphatic rings. The van der Waals surface area contributed by atoms with Crippen molar-refractivity contribution in [3.05, 3.63) is 24.3 Å². The fourth-order valence-electron chi connectivity index (χ4n) is 7.11. The first-order valence-corrected chi connectivity index (χ1v) is 23.1. The minimum atomic E-state index is -0.835. The summed E-state index contributed by atoms with van der Waals surface area (Å²) in [6.45, 7) is 4.31. The van der Waals surface area contributed by atoms with Gasteiger partial charge in [0.1, 0.15) is 0 Å². The van der Waals surface area contributed by atoms with Crippen LogP contribution in [0.4, 0.5) is 0 Å². The second-order valence-corrected chi connectivity index (χ2v) is 15.8. The number of rotatable bonds is 42. The summed E-state index contributed by atoms with van der Waals surface area (Å²) in [5, 5.41) is 23.0. The SMILES string of the molecule is CCCCCCCCCCCC/C=C/C(O)C(CO)NC(=O)CCCCCCCCCCCCC/C=C\CCCCCCCCCCCCCC. The molecule has 0 bridgehead atoms. The van der Waals surface area contributed by atoms with Gasteiger partial charge in [0.15, 0.2) is 0 Å². The van der Waals surface area contributed by atoms with Gasteiger partial charge in [-0.15, -0.1) is 0 Å². The molecule has 0 saturated carbocycles. The monoisotopic (exact) mass is 718 g/mol. The van der Waals surface area contributed by atoms with Crippen LogP contribution in [0.2, 0.25) is 0 Å². The molecule has 3 N–H and O–H groups in total. The van der Waals surface area contributed by atoms with Crippen molar-refractivity contribution in [2.45, 2.75) is 264 Å².